The van der Waals surface area contributed by atoms with Gasteiger partial charge in [-0.05, 0) is 6.92 Å². The zero-order valence-corrected chi connectivity index (χ0v) is 12.5. The van der Waals surface area contributed by atoms with Gasteiger partial charge in [0.2, 0.25) is 0 Å². The van der Waals surface area contributed by atoms with E-state index in [9.17, 15) is 57.5 Å². The van der Waals surface area contributed by atoms with Crippen LogP contribution in [0.3, 0.4) is 0 Å². The van der Waals surface area contributed by atoms with Crippen LogP contribution in [0, 0.1) is 0 Å². The van der Waals surface area contributed by atoms with Gasteiger partial charge in [-0.25, -0.2) is 4.79 Å². The Morgan fingerprint density at radius 2 is 0.962 bits per heavy atom. The number of rotatable bonds is 6. The summed E-state index contributed by atoms with van der Waals surface area (Å²) in [6.45, 7) is 3.59. The van der Waals surface area contributed by atoms with Gasteiger partial charge in [0.25, 0.3) is 0 Å². The Balaban J connectivity index is 0. The first-order valence-corrected chi connectivity index (χ1v) is 5.77. The normalized spacial score (nSPS) is 14.4. The molecule has 0 unspecified atom stereocenters. The Morgan fingerprint density at radius 1 is 0.731 bits per heavy atom. The van der Waals surface area contributed by atoms with Gasteiger partial charge in [-0.2, -0.15) is 52.7 Å². The zero-order valence-electron chi connectivity index (χ0n) is 12.5. The number of halogens is 12. The highest BCUT2D eigenvalue weighted by Gasteiger charge is 2.89. The topological polar surface area (TPSA) is 57.5 Å². The fourth-order valence-electron chi connectivity index (χ4n) is 0.859. The van der Waals surface area contributed by atoms with Crippen molar-refractivity contribution in [3.8, 4) is 0 Å². The molecule has 0 aromatic carbocycles. The highest BCUT2D eigenvalue weighted by molar-refractivity contribution is 5.84. The molecule has 0 radical (unpaired) electrons. The maximum atomic E-state index is 12.6. The first-order valence-electron chi connectivity index (χ1n) is 5.77. The molecule has 26 heavy (non-hydrogen) atoms. The lowest BCUT2D eigenvalue weighted by Crippen LogP contribution is -2.70. The van der Waals surface area contributed by atoms with Crippen molar-refractivity contribution in [3.63, 3.8) is 0 Å². The van der Waals surface area contributed by atoms with E-state index >= 15 is 0 Å². The Morgan fingerprint density at radius 3 is 1.12 bits per heavy atom. The van der Waals surface area contributed by atoms with Crippen LogP contribution in [0.25, 0.3) is 0 Å². The summed E-state index contributed by atoms with van der Waals surface area (Å²) in [7, 11) is 0. The molecule has 15 heteroatoms. The number of aliphatic carboxylic acids is 1. The van der Waals surface area contributed by atoms with Gasteiger partial charge in [-0.1, -0.05) is 6.58 Å². The van der Waals surface area contributed by atoms with Crippen molar-refractivity contribution < 1.29 is 67.7 Å². The van der Waals surface area contributed by atoms with E-state index in [4.69, 9.17) is 10.2 Å². The predicted molar refractivity (Wildman–Crippen MR) is 60.0 cm³/mol. The van der Waals surface area contributed by atoms with Crippen LogP contribution in [0.1, 0.15) is 13.8 Å². The molecule has 156 valence electrons. The Labute approximate surface area is 136 Å². The summed E-state index contributed by atoms with van der Waals surface area (Å²) < 4.78 is 148. The number of hydrogen-bond donors (Lipinski definition) is 2. The van der Waals surface area contributed by atoms with Crippen LogP contribution in [0.15, 0.2) is 12.2 Å². The van der Waals surface area contributed by atoms with Crippen molar-refractivity contribution in [1.82, 2.24) is 0 Å². The Hall–Kier alpha value is -1.67. The highest BCUT2D eigenvalue weighted by Crippen LogP contribution is 2.59. The van der Waals surface area contributed by atoms with Gasteiger partial charge in [0.15, 0.2) is 0 Å². The summed E-state index contributed by atoms with van der Waals surface area (Å²) in [5, 5.41) is 15.3. The van der Waals surface area contributed by atoms with Crippen LogP contribution in [0.5, 0.6) is 0 Å². The van der Waals surface area contributed by atoms with E-state index in [2.05, 4.69) is 6.58 Å². The molecule has 0 amide bonds. The fraction of sp³-hybridized carbons (Fsp3) is 0.727. The maximum absolute atomic E-state index is 12.6. The van der Waals surface area contributed by atoms with E-state index in [0.29, 0.717) is 0 Å². The molecular formula is C11H10F12O3. The predicted octanol–water partition coefficient (Wildman–Crippen LogP) is 4.42. The molecule has 0 aromatic heterocycles. The molecule has 0 atom stereocenters. The molecule has 3 nitrogen and oxygen atoms in total. The average molecular weight is 418 g/mol. The molecule has 0 bridgehead atoms. The van der Waals surface area contributed by atoms with E-state index in [-0.39, 0.29) is 5.57 Å². The molecule has 0 fully saturated rings. The lowest BCUT2D eigenvalue weighted by molar-refractivity contribution is -0.450. The monoisotopic (exact) mass is 418 g/mol. The average Bonchev–Trinajstić information content (AvgIpc) is 2.35. The number of carboxylic acids is 1. The molecule has 0 aliphatic heterocycles. The van der Waals surface area contributed by atoms with Gasteiger partial charge < -0.3 is 10.2 Å². The van der Waals surface area contributed by atoms with Gasteiger partial charge in [0, 0.05) is 12.5 Å². The smallest absolute Gasteiger partial charge is 0.423 e. The minimum Gasteiger partial charge on any atom is -0.478 e. The van der Waals surface area contributed by atoms with Crippen LogP contribution in [0.4, 0.5) is 52.7 Å². The maximum Gasteiger partial charge on any atom is 0.423 e. The molecule has 0 rings (SSSR count). The van der Waals surface area contributed by atoms with E-state index in [1.165, 1.54) is 6.92 Å². The molecule has 0 spiro atoms. The molecule has 0 aliphatic rings. The van der Waals surface area contributed by atoms with Crippen molar-refractivity contribution in [3.05, 3.63) is 12.2 Å². The van der Waals surface area contributed by atoms with E-state index in [0.717, 1.165) is 0 Å². The van der Waals surface area contributed by atoms with Crippen LogP contribution >= 0.6 is 0 Å². The van der Waals surface area contributed by atoms with Crippen molar-refractivity contribution in [2.24, 2.45) is 0 Å². The van der Waals surface area contributed by atoms with Crippen LogP contribution in [-0.2, 0) is 4.79 Å². The van der Waals surface area contributed by atoms with E-state index < -0.39 is 48.6 Å². The molecular weight excluding hydrogens is 408 g/mol. The molecule has 2 N–H and O–H groups in total. The van der Waals surface area contributed by atoms with Gasteiger partial charge in [-0.15, -0.1) is 0 Å². The quantitative estimate of drug-likeness (QED) is 0.496. The minimum absolute atomic E-state index is 0.176. The lowest BCUT2D eigenvalue weighted by atomic mass is 9.94. The Bertz CT molecular complexity index is 482. The third kappa shape index (κ3) is 4.54. The van der Waals surface area contributed by atoms with Crippen molar-refractivity contribution in [1.29, 1.82) is 0 Å². The fourth-order valence-corrected chi connectivity index (χ4v) is 0.859. The summed E-state index contributed by atoms with van der Waals surface area (Å²) in [6.07, 6.45) is -6.86. The molecule has 0 aromatic rings. The van der Waals surface area contributed by atoms with Crippen LogP contribution in [0.2, 0.25) is 0 Å². The number of carbonyl (C=O) groups is 1. The molecule has 0 heterocycles. The van der Waals surface area contributed by atoms with Gasteiger partial charge >= 0.3 is 41.7 Å². The first kappa shape index (κ1) is 26.6. The Kier molecular flexibility index (Phi) is 7.31. The summed E-state index contributed by atoms with van der Waals surface area (Å²) >= 11 is 0. The van der Waals surface area contributed by atoms with Gasteiger partial charge in [-0.3, -0.25) is 0 Å². The third-order valence-electron chi connectivity index (χ3n) is 2.48. The summed E-state index contributed by atoms with van der Waals surface area (Å²) in [6, 6.07) is 0. The molecule has 0 saturated carbocycles. The first-order chi connectivity index (χ1) is 10.9. The number of alkyl halides is 12. The van der Waals surface area contributed by atoms with Crippen LogP contribution in [-0.4, -0.2) is 51.9 Å². The largest absolute Gasteiger partial charge is 0.478 e. The van der Waals surface area contributed by atoms with Crippen molar-refractivity contribution in [2.45, 2.75) is 49.6 Å². The standard InChI is InChI=1S/C7H4F12O.C4H6O2/c1-2(8,9)3(10,11)4(12,13)5(14,15)6(16,17)7(18,19)20;1-3(2)4(5)6/h20H,1H3;1H2,2H3,(H,5,6). The lowest BCUT2D eigenvalue weighted by Gasteiger charge is -2.39. The SMILES string of the molecule is C=C(C)C(=O)O.CC(F)(F)C(F)(F)C(F)(F)C(F)(F)C(F)(F)C(O)(F)F. The summed E-state index contributed by atoms with van der Waals surface area (Å²) in [5.74, 6) is -36.7. The second-order valence-electron chi connectivity index (χ2n) is 4.81. The van der Waals surface area contributed by atoms with Crippen molar-refractivity contribution >= 4 is 5.97 Å². The van der Waals surface area contributed by atoms with Gasteiger partial charge in [0.1, 0.15) is 0 Å². The zero-order chi connectivity index (χ0) is 22.2. The minimum atomic E-state index is -7.68. The van der Waals surface area contributed by atoms with E-state index in [1.54, 1.807) is 0 Å². The second-order valence-corrected chi connectivity index (χ2v) is 4.81. The highest BCUT2D eigenvalue weighted by atomic mass is 19.4. The van der Waals surface area contributed by atoms with E-state index in [1.807, 2.05) is 0 Å². The van der Waals surface area contributed by atoms with Crippen molar-refractivity contribution in [2.75, 3.05) is 0 Å². The number of carboxylic acid groups (broad SMARTS) is 1. The van der Waals surface area contributed by atoms with Gasteiger partial charge in [0.05, 0.1) is 0 Å². The number of aliphatic hydroxyl groups is 1. The summed E-state index contributed by atoms with van der Waals surface area (Å²) in [4.78, 5) is 9.60. The molecule has 0 saturated heterocycles. The van der Waals surface area contributed by atoms with Crippen LogP contribution < -0.4 is 0 Å². The molecule has 0 aliphatic carbocycles. The second kappa shape index (κ2) is 7.15. The third-order valence-corrected chi connectivity index (χ3v) is 2.48. The summed E-state index contributed by atoms with van der Waals surface area (Å²) in [5.41, 5.74) is 0.176. The number of hydrogen-bond acceptors (Lipinski definition) is 2.